The fraction of sp³-hybridized carbons (Fsp3) is 0.350. The molecule has 0 unspecified atom stereocenters. The summed E-state index contributed by atoms with van der Waals surface area (Å²) in [4.78, 5) is 1.53. The summed E-state index contributed by atoms with van der Waals surface area (Å²) in [6.45, 7) is 6.77. The third-order valence-corrected chi connectivity index (χ3v) is 5.05. The summed E-state index contributed by atoms with van der Waals surface area (Å²) >= 11 is 11.5. The Kier molecular flexibility index (Phi) is 6.86. The molecule has 1 saturated heterocycles. The van der Waals surface area contributed by atoms with Crippen LogP contribution in [0.2, 0.25) is 5.02 Å². The van der Waals surface area contributed by atoms with Crippen molar-refractivity contribution in [3.05, 3.63) is 64.7 Å². The van der Waals surface area contributed by atoms with Crippen LogP contribution in [-0.4, -0.2) is 38.0 Å². The maximum Gasteiger partial charge on any atom is 0.171 e. The van der Waals surface area contributed by atoms with Gasteiger partial charge in [-0.05, 0) is 49.0 Å². The monoisotopic (exact) mass is 390 g/mol. The summed E-state index contributed by atoms with van der Waals surface area (Å²) < 4.78 is 5.48. The van der Waals surface area contributed by atoms with Crippen LogP contribution in [0.15, 0.2) is 48.5 Å². The van der Waals surface area contributed by atoms with E-state index in [1.54, 1.807) is 0 Å². The molecule has 1 aliphatic heterocycles. The smallest absolute Gasteiger partial charge is 0.171 e. The first kappa shape index (κ1) is 19.1. The molecule has 3 rings (SSSR count). The lowest BCUT2D eigenvalue weighted by Crippen LogP contribution is -3.14. The lowest BCUT2D eigenvalue weighted by Gasteiger charge is -2.29. The highest BCUT2D eigenvalue weighted by Crippen LogP contribution is 2.15. The van der Waals surface area contributed by atoms with Gasteiger partial charge in [-0.1, -0.05) is 41.4 Å². The molecule has 0 aromatic heterocycles. The van der Waals surface area contributed by atoms with E-state index in [-0.39, 0.29) is 6.04 Å². The second-order valence-electron chi connectivity index (χ2n) is 6.64. The number of benzene rings is 2. The SMILES string of the molecule is Cc1ccc([C@@H](C[NH+]2CCOCC2)NC(=S)Nc2ccc(Cl)cc2)cc1. The zero-order valence-electron chi connectivity index (χ0n) is 14.9. The summed E-state index contributed by atoms with van der Waals surface area (Å²) in [5.74, 6) is 0. The molecule has 1 atom stereocenters. The van der Waals surface area contributed by atoms with Crippen LogP contribution >= 0.6 is 23.8 Å². The molecule has 0 spiro atoms. The standard InChI is InChI=1S/C20H24ClN3OS/c1-15-2-4-16(5-3-15)19(14-24-10-12-25-13-11-24)23-20(26)22-18-8-6-17(21)7-9-18/h2-9,19H,10-14H2,1H3,(H2,22,23,26)/p+1/t19-/m1/s1. The van der Waals surface area contributed by atoms with E-state index in [9.17, 15) is 0 Å². The molecule has 2 aromatic carbocycles. The number of ether oxygens (including phenoxy) is 1. The van der Waals surface area contributed by atoms with Crippen LogP contribution in [0.1, 0.15) is 17.2 Å². The van der Waals surface area contributed by atoms with E-state index in [4.69, 9.17) is 28.6 Å². The highest BCUT2D eigenvalue weighted by molar-refractivity contribution is 7.80. The van der Waals surface area contributed by atoms with E-state index in [0.717, 1.165) is 38.5 Å². The predicted octanol–water partition coefficient (Wildman–Crippen LogP) is 2.59. The van der Waals surface area contributed by atoms with Crippen molar-refractivity contribution in [1.82, 2.24) is 5.32 Å². The molecule has 1 aliphatic rings. The minimum absolute atomic E-state index is 0.149. The Bertz CT molecular complexity index is 715. The maximum atomic E-state index is 5.94. The van der Waals surface area contributed by atoms with Crippen LogP contribution in [0.5, 0.6) is 0 Å². The van der Waals surface area contributed by atoms with Gasteiger partial charge in [-0.25, -0.2) is 0 Å². The van der Waals surface area contributed by atoms with Crippen LogP contribution in [0, 0.1) is 6.92 Å². The molecule has 6 heteroatoms. The molecule has 3 N–H and O–H groups in total. The van der Waals surface area contributed by atoms with Crippen LogP contribution in [0.3, 0.4) is 0 Å². The normalized spacial score (nSPS) is 16.1. The largest absolute Gasteiger partial charge is 0.370 e. The third-order valence-electron chi connectivity index (χ3n) is 4.58. The van der Waals surface area contributed by atoms with Crippen molar-refractivity contribution in [2.24, 2.45) is 0 Å². The second-order valence-corrected chi connectivity index (χ2v) is 7.48. The van der Waals surface area contributed by atoms with Gasteiger partial charge in [-0.2, -0.15) is 0 Å². The molecule has 0 radical (unpaired) electrons. The van der Waals surface area contributed by atoms with E-state index < -0.39 is 0 Å². The van der Waals surface area contributed by atoms with Gasteiger partial charge in [0.05, 0.1) is 13.2 Å². The second kappa shape index (κ2) is 9.33. The zero-order valence-corrected chi connectivity index (χ0v) is 16.5. The number of aryl methyl sites for hydroxylation is 1. The van der Waals surface area contributed by atoms with Crippen LogP contribution < -0.4 is 15.5 Å². The number of thiocarbonyl (C=S) groups is 1. The fourth-order valence-electron chi connectivity index (χ4n) is 3.06. The van der Waals surface area contributed by atoms with E-state index >= 15 is 0 Å². The highest BCUT2D eigenvalue weighted by atomic mass is 35.5. The van der Waals surface area contributed by atoms with Crippen LogP contribution in [-0.2, 0) is 4.74 Å². The lowest BCUT2D eigenvalue weighted by molar-refractivity contribution is -0.909. The quantitative estimate of drug-likeness (QED) is 0.686. The van der Waals surface area contributed by atoms with Gasteiger partial charge in [0.2, 0.25) is 0 Å². The van der Waals surface area contributed by atoms with Crippen LogP contribution in [0.25, 0.3) is 0 Å². The minimum Gasteiger partial charge on any atom is -0.370 e. The minimum atomic E-state index is 0.149. The average Bonchev–Trinajstić information content (AvgIpc) is 2.65. The van der Waals surface area contributed by atoms with Crippen molar-refractivity contribution in [1.29, 1.82) is 0 Å². The van der Waals surface area contributed by atoms with Gasteiger partial charge in [0.25, 0.3) is 0 Å². The fourth-order valence-corrected chi connectivity index (χ4v) is 3.45. The Morgan fingerprint density at radius 3 is 2.42 bits per heavy atom. The van der Waals surface area contributed by atoms with E-state index in [2.05, 4.69) is 41.8 Å². The van der Waals surface area contributed by atoms with E-state index in [1.165, 1.54) is 16.0 Å². The van der Waals surface area contributed by atoms with Crippen molar-refractivity contribution in [2.75, 3.05) is 38.2 Å². The van der Waals surface area contributed by atoms with Crippen LogP contribution in [0.4, 0.5) is 5.69 Å². The van der Waals surface area contributed by atoms with Gasteiger partial charge in [0.15, 0.2) is 5.11 Å². The Morgan fingerprint density at radius 2 is 1.77 bits per heavy atom. The van der Waals surface area contributed by atoms with Crippen molar-refractivity contribution in [3.63, 3.8) is 0 Å². The molecule has 1 fully saturated rings. The molecule has 138 valence electrons. The Labute approximate surface area is 165 Å². The van der Waals surface area contributed by atoms with Gasteiger partial charge in [0, 0.05) is 10.7 Å². The first-order valence-corrected chi connectivity index (χ1v) is 9.70. The van der Waals surface area contributed by atoms with Crippen molar-refractivity contribution in [2.45, 2.75) is 13.0 Å². The van der Waals surface area contributed by atoms with E-state index in [1.807, 2.05) is 24.3 Å². The molecule has 26 heavy (non-hydrogen) atoms. The number of hydrogen-bond donors (Lipinski definition) is 3. The molecular formula is C20H25ClN3OS+. The number of nitrogens with one attached hydrogen (secondary N) is 3. The van der Waals surface area contributed by atoms with Crippen molar-refractivity contribution in [3.8, 4) is 0 Å². The molecule has 2 aromatic rings. The lowest BCUT2D eigenvalue weighted by atomic mass is 10.0. The number of morpholine rings is 1. The summed E-state index contributed by atoms with van der Waals surface area (Å²) in [7, 11) is 0. The van der Waals surface area contributed by atoms with Gasteiger partial charge >= 0.3 is 0 Å². The topological polar surface area (TPSA) is 37.7 Å². The Balaban J connectivity index is 1.68. The van der Waals surface area contributed by atoms with Crippen molar-refractivity contribution >= 4 is 34.6 Å². The summed E-state index contributed by atoms with van der Waals surface area (Å²) in [5, 5.41) is 8.06. The molecule has 0 saturated carbocycles. The van der Waals surface area contributed by atoms with Crippen molar-refractivity contribution < 1.29 is 9.64 Å². The number of quaternary nitrogens is 1. The Hall–Kier alpha value is -1.66. The highest BCUT2D eigenvalue weighted by Gasteiger charge is 2.22. The summed E-state index contributed by atoms with van der Waals surface area (Å²) in [6.07, 6.45) is 0. The number of rotatable bonds is 5. The Morgan fingerprint density at radius 1 is 1.12 bits per heavy atom. The van der Waals surface area contributed by atoms with Gasteiger partial charge < -0.3 is 20.3 Å². The van der Waals surface area contributed by atoms with Gasteiger partial charge in [-0.3, -0.25) is 0 Å². The first-order chi connectivity index (χ1) is 12.6. The molecule has 0 bridgehead atoms. The first-order valence-electron chi connectivity index (χ1n) is 8.91. The average molecular weight is 391 g/mol. The number of anilines is 1. The maximum absolute atomic E-state index is 5.94. The van der Waals surface area contributed by atoms with E-state index in [0.29, 0.717) is 10.1 Å². The number of hydrogen-bond acceptors (Lipinski definition) is 2. The molecule has 0 aliphatic carbocycles. The van der Waals surface area contributed by atoms with Gasteiger partial charge in [0.1, 0.15) is 25.7 Å². The summed E-state index contributed by atoms with van der Waals surface area (Å²) in [6, 6.07) is 16.3. The van der Waals surface area contributed by atoms with Gasteiger partial charge in [-0.15, -0.1) is 0 Å². The third kappa shape index (κ3) is 5.68. The molecule has 0 amide bonds. The molecule has 4 nitrogen and oxygen atoms in total. The molecule has 1 heterocycles. The molecular weight excluding hydrogens is 366 g/mol. The zero-order chi connectivity index (χ0) is 18.4. The number of halogens is 1. The summed E-state index contributed by atoms with van der Waals surface area (Å²) in [5.41, 5.74) is 3.43. The predicted molar refractivity (Wildman–Crippen MR) is 111 cm³/mol.